The van der Waals surface area contributed by atoms with Crippen molar-refractivity contribution in [1.82, 2.24) is 20.1 Å². The van der Waals surface area contributed by atoms with Crippen LogP contribution in [0.4, 0.5) is 13.2 Å². The second kappa shape index (κ2) is 5.43. The fraction of sp³-hybridized carbons (Fsp3) is 0.357. The molecule has 3 rings (SSSR count). The molecule has 5 nitrogen and oxygen atoms in total. The highest BCUT2D eigenvalue weighted by atomic mass is 19.4. The van der Waals surface area contributed by atoms with Gasteiger partial charge in [0, 0.05) is 18.5 Å². The second-order valence-corrected chi connectivity index (χ2v) is 5.05. The standard InChI is InChI=1S/C14H13F3N4O/c15-14(16,17)10-5-3-9(4-6-10)13(22)18-8-12-20-19-11-2-1-7-21(11)12/h3-6H,1-2,7-8H2,(H,18,22). The largest absolute Gasteiger partial charge is 0.416 e. The minimum Gasteiger partial charge on any atom is -0.345 e. The number of hydrogen-bond donors (Lipinski definition) is 1. The lowest BCUT2D eigenvalue weighted by molar-refractivity contribution is -0.137. The van der Waals surface area contributed by atoms with Crippen molar-refractivity contribution in [3.05, 3.63) is 47.0 Å². The molecule has 0 spiro atoms. The predicted octanol–water partition coefficient (Wildman–Crippen LogP) is 2.17. The van der Waals surface area contributed by atoms with Gasteiger partial charge >= 0.3 is 6.18 Å². The van der Waals surface area contributed by atoms with Crippen LogP contribution >= 0.6 is 0 Å². The molecule has 1 aliphatic heterocycles. The third-order valence-corrected chi connectivity index (χ3v) is 3.57. The molecule has 1 amide bonds. The number of hydrogen-bond acceptors (Lipinski definition) is 3. The summed E-state index contributed by atoms with van der Waals surface area (Å²) in [7, 11) is 0. The maximum atomic E-state index is 12.5. The van der Waals surface area contributed by atoms with Crippen LogP contribution in [-0.2, 0) is 25.7 Å². The van der Waals surface area contributed by atoms with Gasteiger partial charge in [0.2, 0.25) is 0 Å². The molecule has 0 fully saturated rings. The van der Waals surface area contributed by atoms with Crippen LogP contribution in [-0.4, -0.2) is 20.7 Å². The number of alkyl halides is 3. The van der Waals surface area contributed by atoms with Gasteiger partial charge < -0.3 is 9.88 Å². The zero-order valence-electron chi connectivity index (χ0n) is 11.5. The summed E-state index contributed by atoms with van der Waals surface area (Å²) in [5, 5.41) is 10.7. The van der Waals surface area contributed by atoms with Gasteiger partial charge in [-0.05, 0) is 30.7 Å². The van der Waals surface area contributed by atoms with Gasteiger partial charge in [0.05, 0.1) is 12.1 Å². The molecule has 8 heteroatoms. The highest BCUT2D eigenvalue weighted by Gasteiger charge is 2.30. The zero-order chi connectivity index (χ0) is 15.7. The number of amides is 1. The number of nitrogens with one attached hydrogen (secondary N) is 1. The first-order chi connectivity index (χ1) is 10.4. The Morgan fingerprint density at radius 1 is 1.23 bits per heavy atom. The second-order valence-electron chi connectivity index (χ2n) is 5.05. The molecule has 1 aliphatic rings. The number of nitrogens with zero attached hydrogens (tertiary/aromatic N) is 3. The lowest BCUT2D eigenvalue weighted by Crippen LogP contribution is -2.24. The summed E-state index contributed by atoms with van der Waals surface area (Å²) in [5.74, 6) is 1.12. The number of carbonyl (C=O) groups is 1. The molecule has 1 aromatic heterocycles. The Hall–Kier alpha value is -2.38. The van der Waals surface area contributed by atoms with E-state index in [0.717, 1.165) is 49.5 Å². The summed E-state index contributed by atoms with van der Waals surface area (Å²) >= 11 is 0. The van der Waals surface area contributed by atoms with Crippen molar-refractivity contribution in [1.29, 1.82) is 0 Å². The molecular weight excluding hydrogens is 297 g/mol. The number of carbonyl (C=O) groups excluding carboxylic acids is 1. The fourth-order valence-corrected chi connectivity index (χ4v) is 2.41. The van der Waals surface area contributed by atoms with Crippen molar-refractivity contribution in [3.8, 4) is 0 Å². The number of benzene rings is 1. The van der Waals surface area contributed by atoms with Crippen LogP contribution in [0.25, 0.3) is 0 Å². The van der Waals surface area contributed by atoms with Crippen molar-refractivity contribution in [2.75, 3.05) is 0 Å². The van der Waals surface area contributed by atoms with Gasteiger partial charge in [0.1, 0.15) is 5.82 Å². The van der Waals surface area contributed by atoms with Crippen molar-refractivity contribution < 1.29 is 18.0 Å². The quantitative estimate of drug-likeness (QED) is 0.945. The average molecular weight is 310 g/mol. The van der Waals surface area contributed by atoms with E-state index in [4.69, 9.17) is 0 Å². The molecule has 0 aliphatic carbocycles. The molecule has 1 N–H and O–H groups in total. The van der Waals surface area contributed by atoms with Crippen LogP contribution < -0.4 is 5.32 Å². The Bertz CT molecular complexity index is 691. The summed E-state index contributed by atoms with van der Waals surface area (Å²) in [6.45, 7) is 1.03. The van der Waals surface area contributed by atoms with E-state index in [1.807, 2.05) is 4.57 Å². The van der Waals surface area contributed by atoms with Crippen molar-refractivity contribution in [2.24, 2.45) is 0 Å². The molecule has 22 heavy (non-hydrogen) atoms. The lowest BCUT2D eigenvalue weighted by Gasteiger charge is -2.08. The van der Waals surface area contributed by atoms with Crippen molar-refractivity contribution in [3.63, 3.8) is 0 Å². The van der Waals surface area contributed by atoms with Gasteiger partial charge in [-0.2, -0.15) is 13.2 Å². The Kier molecular flexibility index (Phi) is 3.59. The SMILES string of the molecule is O=C(NCc1nnc2n1CCC2)c1ccc(C(F)(F)F)cc1. The highest BCUT2D eigenvalue weighted by molar-refractivity contribution is 5.94. The molecule has 2 aromatic rings. The topological polar surface area (TPSA) is 59.8 Å². The van der Waals surface area contributed by atoms with Gasteiger partial charge in [0.15, 0.2) is 5.82 Å². The van der Waals surface area contributed by atoms with Crippen LogP contribution in [0.15, 0.2) is 24.3 Å². The van der Waals surface area contributed by atoms with Crippen LogP contribution in [0.5, 0.6) is 0 Å². The van der Waals surface area contributed by atoms with Gasteiger partial charge in [-0.15, -0.1) is 10.2 Å². The van der Waals surface area contributed by atoms with Crippen LogP contribution in [0.3, 0.4) is 0 Å². The third kappa shape index (κ3) is 2.81. The number of halogens is 3. The van der Waals surface area contributed by atoms with Gasteiger partial charge in [-0.3, -0.25) is 4.79 Å². The minimum absolute atomic E-state index is 0.175. The summed E-state index contributed by atoms with van der Waals surface area (Å²) in [6, 6.07) is 4.10. The smallest absolute Gasteiger partial charge is 0.345 e. The molecule has 1 aromatic carbocycles. The summed E-state index contributed by atoms with van der Waals surface area (Å²) < 4.78 is 39.3. The van der Waals surface area contributed by atoms with Crippen LogP contribution in [0, 0.1) is 0 Å². The molecule has 0 saturated carbocycles. The molecule has 0 atom stereocenters. The first kappa shape index (κ1) is 14.6. The number of rotatable bonds is 3. The van der Waals surface area contributed by atoms with E-state index >= 15 is 0 Å². The predicted molar refractivity (Wildman–Crippen MR) is 71.0 cm³/mol. The number of aromatic nitrogens is 3. The molecular formula is C14H13F3N4O. The molecule has 0 unspecified atom stereocenters. The summed E-state index contributed by atoms with van der Waals surface area (Å²) in [6.07, 6.45) is -2.53. The van der Waals surface area contributed by atoms with E-state index in [-0.39, 0.29) is 12.1 Å². The van der Waals surface area contributed by atoms with Crippen LogP contribution in [0.1, 0.15) is 34.0 Å². The molecule has 116 valence electrons. The van der Waals surface area contributed by atoms with E-state index in [9.17, 15) is 18.0 Å². The molecule has 0 radical (unpaired) electrons. The Balaban J connectivity index is 1.64. The van der Waals surface area contributed by atoms with Crippen LogP contribution in [0.2, 0.25) is 0 Å². The van der Waals surface area contributed by atoms with E-state index in [2.05, 4.69) is 15.5 Å². The Labute approximate surface area is 124 Å². The molecule has 0 bridgehead atoms. The first-order valence-corrected chi connectivity index (χ1v) is 6.81. The van der Waals surface area contributed by atoms with Gasteiger partial charge in [0.25, 0.3) is 5.91 Å². The Morgan fingerprint density at radius 3 is 2.64 bits per heavy atom. The number of fused-ring (bicyclic) bond motifs is 1. The fourth-order valence-electron chi connectivity index (χ4n) is 2.41. The Morgan fingerprint density at radius 2 is 1.95 bits per heavy atom. The lowest BCUT2D eigenvalue weighted by atomic mass is 10.1. The maximum Gasteiger partial charge on any atom is 0.416 e. The van der Waals surface area contributed by atoms with E-state index in [1.54, 1.807) is 0 Å². The molecule has 2 heterocycles. The van der Waals surface area contributed by atoms with E-state index in [1.165, 1.54) is 0 Å². The monoisotopic (exact) mass is 310 g/mol. The van der Waals surface area contributed by atoms with Crippen molar-refractivity contribution >= 4 is 5.91 Å². The maximum absolute atomic E-state index is 12.5. The number of aryl methyl sites for hydroxylation is 1. The summed E-state index contributed by atoms with van der Waals surface area (Å²) in [4.78, 5) is 12.0. The summed E-state index contributed by atoms with van der Waals surface area (Å²) in [5.41, 5.74) is -0.603. The van der Waals surface area contributed by atoms with Crippen molar-refractivity contribution in [2.45, 2.75) is 32.1 Å². The average Bonchev–Trinajstić information content (AvgIpc) is 3.07. The van der Waals surface area contributed by atoms with Gasteiger partial charge in [-0.25, -0.2) is 0 Å². The van der Waals surface area contributed by atoms with E-state index in [0.29, 0.717) is 5.82 Å². The third-order valence-electron chi connectivity index (χ3n) is 3.57. The van der Waals surface area contributed by atoms with E-state index < -0.39 is 17.6 Å². The zero-order valence-corrected chi connectivity index (χ0v) is 11.5. The normalized spacial score (nSPS) is 14.0. The highest BCUT2D eigenvalue weighted by Crippen LogP contribution is 2.29. The first-order valence-electron chi connectivity index (χ1n) is 6.81. The minimum atomic E-state index is -4.41. The molecule has 0 saturated heterocycles. The van der Waals surface area contributed by atoms with Gasteiger partial charge in [-0.1, -0.05) is 0 Å².